The highest BCUT2D eigenvalue weighted by molar-refractivity contribution is 6.00. The monoisotopic (exact) mass is 805 g/mol. The first-order valence-corrected chi connectivity index (χ1v) is 18.5. The first-order chi connectivity index (χ1) is 27.4. The van der Waals surface area contributed by atoms with E-state index in [1.54, 1.807) is 45.2 Å². The fourth-order valence-corrected chi connectivity index (χ4v) is 6.81. The lowest BCUT2D eigenvalue weighted by molar-refractivity contribution is -0.385. The van der Waals surface area contributed by atoms with E-state index in [2.05, 4.69) is 19.2 Å². The number of para-hydroxylation sites is 1. The molecule has 312 valence electrons. The molecular formula is C43H52FN3O11. The number of ether oxygens (including phenoxy) is 3. The molecule has 1 aromatic heterocycles. The van der Waals surface area contributed by atoms with Gasteiger partial charge in [0.05, 0.1) is 67.1 Å². The number of aliphatic hydroxyl groups is 2. The molecule has 3 aromatic rings. The van der Waals surface area contributed by atoms with Crippen molar-refractivity contribution >= 4 is 29.7 Å². The quantitative estimate of drug-likeness (QED) is 0.0690. The van der Waals surface area contributed by atoms with E-state index in [0.29, 0.717) is 18.0 Å². The maximum Gasteiger partial charge on any atom is 0.336 e. The number of carbonyl (C=O) groups is 3. The summed E-state index contributed by atoms with van der Waals surface area (Å²) in [5.74, 6) is -3.60. The van der Waals surface area contributed by atoms with E-state index in [1.807, 2.05) is 13.8 Å². The summed E-state index contributed by atoms with van der Waals surface area (Å²) in [4.78, 5) is 51.3. The van der Waals surface area contributed by atoms with Crippen molar-refractivity contribution in [3.63, 3.8) is 0 Å². The molecule has 0 radical (unpaired) electrons. The topological polar surface area (TPSA) is 208 Å². The number of carbonyl (C=O) groups excluding carboxylic acids is 2. The van der Waals surface area contributed by atoms with Gasteiger partial charge in [0, 0.05) is 53.4 Å². The van der Waals surface area contributed by atoms with Crippen LogP contribution in [0.5, 0.6) is 0 Å². The van der Waals surface area contributed by atoms with Gasteiger partial charge in [0.25, 0.3) is 5.69 Å². The highest BCUT2D eigenvalue weighted by atomic mass is 19.1. The molecule has 0 saturated heterocycles. The van der Waals surface area contributed by atoms with Crippen LogP contribution in [0, 0.1) is 15.9 Å². The number of benzene rings is 2. The number of aliphatic carboxylic acids is 1. The predicted molar refractivity (Wildman–Crippen MR) is 215 cm³/mol. The van der Waals surface area contributed by atoms with Crippen molar-refractivity contribution < 1.29 is 53.2 Å². The smallest absolute Gasteiger partial charge is 0.336 e. The number of halogens is 1. The summed E-state index contributed by atoms with van der Waals surface area (Å²) in [5, 5.41) is 43.5. The maximum atomic E-state index is 13.7. The van der Waals surface area contributed by atoms with Crippen molar-refractivity contribution in [2.24, 2.45) is 0 Å². The van der Waals surface area contributed by atoms with Gasteiger partial charge in [0.2, 0.25) is 0 Å². The van der Waals surface area contributed by atoms with Crippen molar-refractivity contribution in [3.8, 4) is 11.1 Å². The van der Waals surface area contributed by atoms with Crippen LogP contribution in [0.3, 0.4) is 0 Å². The van der Waals surface area contributed by atoms with Gasteiger partial charge in [0.1, 0.15) is 5.82 Å². The Kier molecular flexibility index (Phi) is 17.0. The third kappa shape index (κ3) is 11.4. The largest absolute Gasteiger partial charge is 0.481 e. The van der Waals surface area contributed by atoms with Gasteiger partial charge < -0.3 is 34.8 Å². The highest BCUT2D eigenvalue weighted by Gasteiger charge is 2.40. The Bertz CT molecular complexity index is 2040. The van der Waals surface area contributed by atoms with Gasteiger partial charge >= 0.3 is 17.9 Å². The molecule has 1 aliphatic heterocycles. The van der Waals surface area contributed by atoms with Gasteiger partial charge in [-0.15, -0.1) is 0 Å². The molecule has 58 heavy (non-hydrogen) atoms. The van der Waals surface area contributed by atoms with Crippen LogP contribution < -0.4 is 5.32 Å². The van der Waals surface area contributed by atoms with Crippen molar-refractivity contribution in [1.29, 1.82) is 0 Å². The predicted octanol–water partition coefficient (Wildman–Crippen LogP) is 7.06. The van der Waals surface area contributed by atoms with E-state index in [9.17, 15) is 39.1 Å². The number of aromatic nitrogens is 1. The molecule has 0 fully saturated rings. The second-order valence-corrected chi connectivity index (χ2v) is 14.2. The van der Waals surface area contributed by atoms with E-state index in [1.165, 1.54) is 50.6 Å². The lowest BCUT2D eigenvalue weighted by Gasteiger charge is -2.29. The molecule has 2 aromatic carbocycles. The number of carboxylic acid groups (broad SMARTS) is 1. The number of pyridine rings is 1. The van der Waals surface area contributed by atoms with Gasteiger partial charge in [-0.2, -0.15) is 0 Å². The fourth-order valence-electron chi connectivity index (χ4n) is 6.81. The number of dihydropyridines is 1. The number of esters is 2. The molecule has 0 aliphatic carbocycles. The number of allylic oxidation sites excluding steroid dienone is 2. The van der Waals surface area contributed by atoms with Crippen LogP contribution in [-0.4, -0.2) is 76.7 Å². The fraction of sp³-hybridized carbons (Fsp3) is 0.395. The zero-order valence-corrected chi connectivity index (χ0v) is 34.2. The lowest BCUT2D eigenvalue weighted by atomic mass is 9.79. The van der Waals surface area contributed by atoms with E-state index < -0.39 is 47.4 Å². The summed E-state index contributed by atoms with van der Waals surface area (Å²) in [7, 11) is 4.03. The van der Waals surface area contributed by atoms with Crippen LogP contribution in [-0.2, 0) is 35.2 Å². The molecule has 0 saturated carbocycles. The van der Waals surface area contributed by atoms with Crippen molar-refractivity contribution in [3.05, 3.63) is 121 Å². The number of hydrogen-bond acceptors (Lipinski definition) is 12. The number of aliphatic hydroxyl groups excluding tert-OH is 2. The Labute approximate surface area is 337 Å². The number of rotatable bonds is 15. The molecule has 1 aliphatic rings. The summed E-state index contributed by atoms with van der Waals surface area (Å²) < 4.78 is 28.8. The minimum absolute atomic E-state index is 0.0627. The Hall–Kier alpha value is -5.77. The summed E-state index contributed by atoms with van der Waals surface area (Å²) in [6, 6.07) is 12.2. The first-order valence-electron chi connectivity index (χ1n) is 18.5. The Balaban J connectivity index is 0.000000322. The minimum atomic E-state index is -1.16. The molecule has 2 atom stereocenters. The molecule has 14 nitrogen and oxygen atoms in total. The van der Waals surface area contributed by atoms with Crippen molar-refractivity contribution in [2.45, 2.75) is 91.0 Å². The number of nitro groups is 1. The number of carboxylic acids is 1. The third-order valence-corrected chi connectivity index (χ3v) is 9.34. The van der Waals surface area contributed by atoms with Crippen LogP contribution in [0.15, 0.2) is 77.1 Å². The number of hydrogen-bond donors (Lipinski definition) is 4. The maximum absolute atomic E-state index is 13.7. The van der Waals surface area contributed by atoms with Crippen molar-refractivity contribution in [2.75, 3.05) is 21.3 Å². The summed E-state index contributed by atoms with van der Waals surface area (Å²) in [5.41, 5.74) is 6.24. The van der Waals surface area contributed by atoms with Gasteiger partial charge in [-0.1, -0.05) is 70.2 Å². The molecule has 4 N–H and O–H groups in total. The average Bonchev–Trinajstić information content (AvgIpc) is 3.16. The van der Waals surface area contributed by atoms with Gasteiger partial charge in [-0.25, -0.2) is 14.0 Å². The van der Waals surface area contributed by atoms with Crippen LogP contribution in [0.25, 0.3) is 17.2 Å². The highest BCUT2D eigenvalue weighted by Crippen LogP contribution is 2.42. The molecule has 0 unspecified atom stereocenters. The normalized spacial score (nSPS) is 14.2. The SMILES string of the molecule is COC(=O)C1=C(C)NC(C)=C(C(=O)OC)C1c1ccccc1[N+](=O)[O-].COCc1c(C(C)C)nc(C(C)C)c(/C=C/[C@@H](O)C[C@@H](O)CC(=O)O)c1-c1ccc(F)cc1. The molecule has 0 bridgehead atoms. The Morgan fingerprint density at radius 1 is 0.914 bits per heavy atom. The molecule has 0 amide bonds. The molecular weight excluding hydrogens is 753 g/mol. The second kappa shape index (κ2) is 21.1. The summed E-state index contributed by atoms with van der Waals surface area (Å²) in [6.45, 7) is 11.8. The minimum Gasteiger partial charge on any atom is -0.481 e. The summed E-state index contributed by atoms with van der Waals surface area (Å²) >= 11 is 0. The first kappa shape index (κ1) is 46.6. The van der Waals surface area contributed by atoms with Crippen LogP contribution in [0.2, 0.25) is 0 Å². The Morgan fingerprint density at radius 2 is 1.47 bits per heavy atom. The average molecular weight is 806 g/mol. The molecule has 2 heterocycles. The van der Waals surface area contributed by atoms with Gasteiger partial charge in [0.15, 0.2) is 0 Å². The van der Waals surface area contributed by atoms with Gasteiger partial charge in [-0.3, -0.25) is 19.9 Å². The number of nitrogens with zero attached hydrogens (tertiary/aromatic N) is 2. The third-order valence-electron chi connectivity index (χ3n) is 9.34. The molecule has 4 rings (SSSR count). The molecule has 15 heteroatoms. The van der Waals surface area contributed by atoms with E-state index in [4.69, 9.17) is 24.3 Å². The van der Waals surface area contributed by atoms with Crippen LogP contribution in [0.4, 0.5) is 10.1 Å². The summed E-state index contributed by atoms with van der Waals surface area (Å²) in [6.07, 6.45) is 0.541. The van der Waals surface area contributed by atoms with E-state index in [0.717, 1.165) is 33.6 Å². The lowest BCUT2D eigenvalue weighted by Crippen LogP contribution is -2.32. The van der Waals surface area contributed by atoms with Gasteiger partial charge in [-0.05, 0) is 48.9 Å². The number of nitrogens with one attached hydrogen (secondary N) is 1. The standard InChI is InChI=1S/C26H34FNO5.C17H18N2O6/c1-15(2)25-21(11-10-19(29)12-20(30)13-23(31)32)24(17-6-8-18(27)9-7-17)22(14-33-5)26(28-25)16(3)4;1-9-13(16(20)24-3)15(14(10(2)18-9)17(21)25-4)11-7-5-6-8-12(11)19(22)23/h6-11,15-16,19-20,29-30H,12-14H2,1-5H3,(H,31,32);5-8,15,18H,1-4H3/b11-10+;/t19-,20-;/m1./s1. The zero-order valence-electron chi connectivity index (χ0n) is 34.2. The number of nitro benzene ring substituents is 1. The van der Waals surface area contributed by atoms with Crippen LogP contribution in [0.1, 0.15) is 100 Å². The Morgan fingerprint density at radius 3 is 1.95 bits per heavy atom. The molecule has 0 spiro atoms. The number of methoxy groups -OCH3 is 3. The van der Waals surface area contributed by atoms with E-state index >= 15 is 0 Å². The van der Waals surface area contributed by atoms with Crippen molar-refractivity contribution in [1.82, 2.24) is 10.3 Å². The zero-order chi connectivity index (χ0) is 43.4. The van der Waals surface area contributed by atoms with E-state index in [-0.39, 0.29) is 46.5 Å². The second-order valence-electron chi connectivity index (χ2n) is 14.2. The van der Waals surface area contributed by atoms with Crippen LogP contribution >= 0.6 is 0 Å².